The normalized spacial score (nSPS) is 12.1. The van der Waals surface area contributed by atoms with Gasteiger partial charge in [-0.1, -0.05) is 51.4 Å². The summed E-state index contributed by atoms with van der Waals surface area (Å²) in [4.78, 5) is 35.6. The summed E-state index contributed by atoms with van der Waals surface area (Å²) < 4.78 is 5.56. The fourth-order valence-electron chi connectivity index (χ4n) is 3.47. The molecule has 0 aromatic rings. The Labute approximate surface area is 205 Å². The molecule has 1 atom stereocenters. The van der Waals surface area contributed by atoms with Gasteiger partial charge in [0, 0.05) is 18.6 Å². The van der Waals surface area contributed by atoms with Gasteiger partial charge in [0.2, 0.25) is 0 Å². The van der Waals surface area contributed by atoms with Crippen molar-refractivity contribution in [1.29, 1.82) is 0 Å². The summed E-state index contributed by atoms with van der Waals surface area (Å²) in [7, 11) is 4.03. The third-order valence-electron chi connectivity index (χ3n) is 5.54. The molecule has 0 amide bonds. The van der Waals surface area contributed by atoms with Gasteiger partial charge >= 0.3 is 17.9 Å². The highest BCUT2D eigenvalue weighted by Crippen LogP contribution is 2.18. The standard InChI is InChI=1S/C25H47NO6S/c1-26(2)18-17-22(21-33-20-14-10-6-4-8-12-16-24(29)30)25(31)32-19-13-9-5-3-7-11-15-23(27)28/h22H,3-21H2,1-2H3,(H,27,28)(H,29,30). The van der Waals surface area contributed by atoms with Crippen molar-refractivity contribution in [3.8, 4) is 0 Å². The lowest BCUT2D eigenvalue weighted by atomic mass is 10.1. The molecule has 1 unspecified atom stereocenters. The summed E-state index contributed by atoms with van der Waals surface area (Å²) in [5, 5.41) is 17.3. The number of esters is 1. The lowest BCUT2D eigenvalue weighted by Crippen LogP contribution is -2.25. The van der Waals surface area contributed by atoms with Crippen molar-refractivity contribution in [3.05, 3.63) is 0 Å². The molecule has 0 fully saturated rings. The van der Waals surface area contributed by atoms with E-state index in [0.717, 1.165) is 102 Å². The predicted molar refractivity (Wildman–Crippen MR) is 135 cm³/mol. The summed E-state index contributed by atoms with van der Waals surface area (Å²) >= 11 is 1.83. The molecule has 194 valence electrons. The Kier molecular flexibility index (Phi) is 21.6. The Morgan fingerprint density at radius 2 is 1.24 bits per heavy atom. The number of rotatable bonds is 24. The van der Waals surface area contributed by atoms with Crippen molar-refractivity contribution in [3.63, 3.8) is 0 Å². The quantitative estimate of drug-likeness (QED) is 0.136. The van der Waals surface area contributed by atoms with Crippen LogP contribution >= 0.6 is 11.8 Å². The van der Waals surface area contributed by atoms with Crippen LogP contribution in [0, 0.1) is 5.92 Å². The third kappa shape index (κ3) is 23.7. The van der Waals surface area contributed by atoms with Gasteiger partial charge in [0.15, 0.2) is 0 Å². The smallest absolute Gasteiger partial charge is 0.309 e. The molecule has 0 aliphatic heterocycles. The fourth-order valence-corrected chi connectivity index (χ4v) is 4.63. The van der Waals surface area contributed by atoms with Gasteiger partial charge in [-0.2, -0.15) is 11.8 Å². The van der Waals surface area contributed by atoms with Crippen molar-refractivity contribution in [2.45, 2.75) is 96.3 Å². The number of carbonyl (C=O) groups excluding carboxylic acids is 1. The van der Waals surface area contributed by atoms with E-state index < -0.39 is 11.9 Å². The van der Waals surface area contributed by atoms with E-state index in [1.54, 1.807) is 0 Å². The maximum absolute atomic E-state index is 12.6. The van der Waals surface area contributed by atoms with E-state index in [4.69, 9.17) is 14.9 Å². The Balaban J connectivity index is 3.87. The number of unbranched alkanes of at least 4 members (excludes halogenated alkanes) is 10. The number of hydrogen-bond donors (Lipinski definition) is 2. The van der Waals surface area contributed by atoms with Crippen LogP contribution in [0.1, 0.15) is 96.3 Å². The molecule has 0 radical (unpaired) electrons. The second-order valence-electron chi connectivity index (χ2n) is 9.06. The SMILES string of the molecule is CN(C)CCC(CSCCCCCCCCC(=O)O)C(=O)OCCCCCCCCC(=O)O. The van der Waals surface area contributed by atoms with Crippen LogP contribution in [0.4, 0.5) is 0 Å². The average Bonchev–Trinajstić information content (AvgIpc) is 2.75. The minimum absolute atomic E-state index is 0.0653. The first-order chi connectivity index (χ1) is 15.8. The van der Waals surface area contributed by atoms with Gasteiger partial charge in [-0.05, 0) is 58.5 Å². The monoisotopic (exact) mass is 489 g/mol. The molecule has 0 saturated carbocycles. The number of thioether (sulfide) groups is 1. The Bertz CT molecular complexity index is 515. The minimum Gasteiger partial charge on any atom is -0.481 e. The zero-order valence-electron chi connectivity index (χ0n) is 20.9. The zero-order chi connectivity index (χ0) is 24.7. The van der Waals surface area contributed by atoms with Crippen LogP contribution in [0.15, 0.2) is 0 Å². The van der Waals surface area contributed by atoms with Crippen molar-refractivity contribution in [2.24, 2.45) is 5.92 Å². The molecule has 33 heavy (non-hydrogen) atoms. The van der Waals surface area contributed by atoms with Crippen molar-refractivity contribution in [2.75, 3.05) is 38.8 Å². The molecule has 0 aromatic carbocycles. The van der Waals surface area contributed by atoms with Crippen LogP contribution in [0.3, 0.4) is 0 Å². The fraction of sp³-hybridized carbons (Fsp3) is 0.880. The predicted octanol–water partition coefficient (Wildman–Crippen LogP) is 5.46. The number of ether oxygens (including phenoxy) is 1. The Morgan fingerprint density at radius 1 is 0.758 bits per heavy atom. The molecule has 0 heterocycles. The first kappa shape index (κ1) is 31.7. The molecule has 0 rings (SSSR count). The van der Waals surface area contributed by atoms with E-state index in [1.807, 2.05) is 25.9 Å². The van der Waals surface area contributed by atoms with E-state index in [9.17, 15) is 14.4 Å². The van der Waals surface area contributed by atoms with Crippen LogP contribution in [0.2, 0.25) is 0 Å². The summed E-state index contributed by atoms with van der Waals surface area (Å²) in [6, 6.07) is 0. The van der Waals surface area contributed by atoms with Gasteiger partial charge < -0.3 is 19.8 Å². The van der Waals surface area contributed by atoms with Gasteiger partial charge in [0.1, 0.15) is 0 Å². The maximum atomic E-state index is 12.6. The van der Waals surface area contributed by atoms with Gasteiger partial charge in [0.25, 0.3) is 0 Å². The highest BCUT2D eigenvalue weighted by Gasteiger charge is 2.20. The Hall–Kier alpha value is -1.28. The summed E-state index contributed by atoms with van der Waals surface area (Å²) in [6.07, 6.45) is 13.3. The average molecular weight is 490 g/mol. The summed E-state index contributed by atoms with van der Waals surface area (Å²) in [6.45, 7) is 1.34. The van der Waals surface area contributed by atoms with E-state index >= 15 is 0 Å². The third-order valence-corrected chi connectivity index (χ3v) is 6.75. The number of carboxylic acid groups (broad SMARTS) is 2. The van der Waals surface area contributed by atoms with Crippen molar-refractivity contribution >= 4 is 29.7 Å². The zero-order valence-corrected chi connectivity index (χ0v) is 21.7. The molecule has 8 heteroatoms. The van der Waals surface area contributed by atoms with E-state index in [2.05, 4.69) is 4.90 Å². The molecular weight excluding hydrogens is 442 g/mol. The summed E-state index contributed by atoms with van der Waals surface area (Å²) in [5.41, 5.74) is 0. The van der Waals surface area contributed by atoms with Crippen LogP contribution in [0.5, 0.6) is 0 Å². The number of carboxylic acids is 2. The molecular formula is C25H47NO6S. The van der Waals surface area contributed by atoms with Crippen LogP contribution < -0.4 is 0 Å². The topological polar surface area (TPSA) is 104 Å². The van der Waals surface area contributed by atoms with Gasteiger partial charge in [-0.15, -0.1) is 0 Å². The van der Waals surface area contributed by atoms with E-state index in [0.29, 0.717) is 6.61 Å². The number of aliphatic carboxylic acids is 2. The minimum atomic E-state index is -0.728. The molecule has 0 bridgehead atoms. The Morgan fingerprint density at radius 3 is 1.76 bits per heavy atom. The first-order valence-corrected chi connectivity index (χ1v) is 13.8. The molecule has 0 aromatic heterocycles. The maximum Gasteiger partial charge on any atom is 0.309 e. The van der Waals surface area contributed by atoms with Crippen LogP contribution in [0.25, 0.3) is 0 Å². The molecule has 0 spiro atoms. The van der Waals surface area contributed by atoms with Crippen molar-refractivity contribution in [1.82, 2.24) is 4.90 Å². The van der Waals surface area contributed by atoms with E-state index in [-0.39, 0.29) is 24.7 Å². The highest BCUT2D eigenvalue weighted by molar-refractivity contribution is 7.99. The van der Waals surface area contributed by atoms with Gasteiger partial charge in [-0.25, -0.2) is 0 Å². The first-order valence-electron chi connectivity index (χ1n) is 12.7. The number of carbonyl (C=O) groups is 3. The van der Waals surface area contributed by atoms with Crippen LogP contribution in [-0.4, -0.2) is 71.8 Å². The second kappa shape index (κ2) is 22.5. The van der Waals surface area contributed by atoms with E-state index in [1.165, 1.54) is 0 Å². The largest absolute Gasteiger partial charge is 0.481 e. The highest BCUT2D eigenvalue weighted by atomic mass is 32.2. The van der Waals surface area contributed by atoms with Crippen LogP contribution in [-0.2, 0) is 19.1 Å². The lowest BCUT2D eigenvalue weighted by molar-refractivity contribution is -0.148. The number of nitrogens with zero attached hydrogens (tertiary/aromatic N) is 1. The molecule has 0 saturated heterocycles. The lowest BCUT2D eigenvalue weighted by Gasteiger charge is -2.18. The van der Waals surface area contributed by atoms with Crippen molar-refractivity contribution < 1.29 is 29.3 Å². The number of hydrogen-bond acceptors (Lipinski definition) is 6. The molecule has 7 nitrogen and oxygen atoms in total. The van der Waals surface area contributed by atoms with Gasteiger partial charge in [0.05, 0.1) is 12.5 Å². The molecule has 2 N–H and O–H groups in total. The summed E-state index contributed by atoms with van der Waals surface area (Å²) in [5.74, 6) is 0.263. The molecule has 0 aliphatic rings. The van der Waals surface area contributed by atoms with Gasteiger partial charge in [-0.3, -0.25) is 14.4 Å². The molecule has 0 aliphatic carbocycles. The second-order valence-corrected chi connectivity index (χ2v) is 10.2.